The second-order valence-electron chi connectivity index (χ2n) is 5.64. The van der Waals surface area contributed by atoms with Crippen LogP contribution in [-0.2, 0) is 11.3 Å². The number of nitrogens with zero attached hydrogens (tertiary/aromatic N) is 1. The Hall–Kier alpha value is -1.86. The minimum absolute atomic E-state index is 0.0255. The van der Waals surface area contributed by atoms with Crippen LogP contribution in [-0.4, -0.2) is 25.5 Å². The first-order chi connectivity index (χ1) is 12.0. The molecular weight excluding hydrogens is 400 g/mol. The number of thiophene rings is 1. The summed E-state index contributed by atoms with van der Waals surface area (Å²) in [6, 6.07) is 7.90. The Morgan fingerprint density at radius 2 is 2.00 bits per heavy atom. The van der Waals surface area contributed by atoms with Gasteiger partial charge in [0, 0.05) is 35.1 Å². The highest BCUT2D eigenvalue weighted by atomic mass is 79.9. The topological polar surface area (TPSA) is 65.5 Å². The summed E-state index contributed by atoms with van der Waals surface area (Å²) in [5.41, 5.74) is 3.14. The minimum atomic E-state index is -0.0255. The molecule has 1 aromatic heterocycles. The van der Waals surface area contributed by atoms with Crippen molar-refractivity contribution in [3.05, 3.63) is 50.1 Å². The number of nitrogens with one attached hydrogen (secondary N) is 3. The Kier molecular flexibility index (Phi) is 7.46. The molecule has 1 aromatic carbocycles. The predicted molar refractivity (Wildman–Crippen MR) is 109 cm³/mol. The lowest BCUT2D eigenvalue weighted by Gasteiger charge is -2.12. The summed E-state index contributed by atoms with van der Waals surface area (Å²) in [5, 5.41) is 11.4. The molecule has 0 aliphatic carbocycles. The van der Waals surface area contributed by atoms with Crippen LogP contribution in [0.1, 0.15) is 22.4 Å². The molecule has 0 saturated heterocycles. The van der Waals surface area contributed by atoms with E-state index in [0.717, 1.165) is 22.3 Å². The number of rotatable bonds is 6. The Labute approximate surface area is 161 Å². The number of amides is 1. The van der Waals surface area contributed by atoms with Gasteiger partial charge in [-0.2, -0.15) is 0 Å². The van der Waals surface area contributed by atoms with E-state index in [1.807, 2.05) is 25.1 Å². The zero-order chi connectivity index (χ0) is 18.2. The van der Waals surface area contributed by atoms with Gasteiger partial charge in [0.25, 0.3) is 0 Å². The fourth-order valence-corrected chi connectivity index (χ4v) is 3.57. The molecule has 0 radical (unpaired) electrons. The van der Waals surface area contributed by atoms with Crippen LogP contribution >= 0.6 is 27.3 Å². The van der Waals surface area contributed by atoms with Gasteiger partial charge in [-0.05, 0) is 54.6 Å². The SMILES string of the molecule is CN=C(NCCC(=O)Nc1ccc(Br)cc1C)NCc1sccc1C. The van der Waals surface area contributed by atoms with E-state index < -0.39 is 0 Å². The fraction of sp³-hybridized carbons (Fsp3) is 0.333. The summed E-state index contributed by atoms with van der Waals surface area (Å²) in [5.74, 6) is 0.669. The third-order valence-electron chi connectivity index (χ3n) is 3.72. The monoisotopic (exact) mass is 422 g/mol. The molecule has 1 heterocycles. The van der Waals surface area contributed by atoms with E-state index in [1.54, 1.807) is 18.4 Å². The molecule has 0 aliphatic heterocycles. The van der Waals surface area contributed by atoms with Crippen LogP contribution in [0.25, 0.3) is 0 Å². The highest BCUT2D eigenvalue weighted by molar-refractivity contribution is 9.10. The molecule has 0 saturated carbocycles. The van der Waals surface area contributed by atoms with E-state index in [0.29, 0.717) is 18.9 Å². The Balaban J connectivity index is 1.74. The minimum Gasteiger partial charge on any atom is -0.356 e. The van der Waals surface area contributed by atoms with Crippen molar-refractivity contribution in [1.82, 2.24) is 10.6 Å². The number of hydrogen-bond acceptors (Lipinski definition) is 3. The van der Waals surface area contributed by atoms with Crippen molar-refractivity contribution in [3.63, 3.8) is 0 Å². The number of aryl methyl sites for hydroxylation is 2. The molecule has 2 aromatic rings. The lowest BCUT2D eigenvalue weighted by Crippen LogP contribution is -2.38. The molecule has 0 atom stereocenters. The van der Waals surface area contributed by atoms with Crippen molar-refractivity contribution in [2.24, 2.45) is 4.99 Å². The van der Waals surface area contributed by atoms with Gasteiger partial charge in [-0.3, -0.25) is 9.79 Å². The van der Waals surface area contributed by atoms with Gasteiger partial charge >= 0.3 is 0 Å². The van der Waals surface area contributed by atoms with Crippen LogP contribution in [0.15, 0.2) is 39.1 Å². The first kappa shape index (κ1) is 19.5. The maximum atomic E-state index is 12.1. The van der Waals surface area contributed by atoms with Crippen LogP contribution in [0.3, 0.4) is 0 Å². The van der Waals surface area contributed by atoms with Crippen LogP contribution < -0.4 is 16.0 Å². The van der Waals surface area contributed by atoms with Gasteiger partial charge in [0.15, 0.2) is 5.96 Å². The van der Waals surface area contributed by atoms with Crippen molar-refractivity contribution in [3.8, 4) is 0 Å². The van der Waals surface area contributed by atoms with Crippen molar-refractivity contribution in [2.75, 3.05) is 18.9 Å². The van der Waals surface area contributed by atoms with E-state index in [-0.39, 0.29) is 5.91 Å². The number of guanidine groups is 1. The van der Waals surface area contributed by atoms with Gasteiger partial charge in [0.2, 0.25) is 5.91 Å². The zero-order valence-corrected chi connectivity index (χ0v) is 17.1. The molecule has 0 spiro atoms. The summed E-state index contributed by atoms with van der Waals surface area (Å²) in [7, 11) is 1.72. The Morgan fingerprint density at radius 3 is 2.64 bits per heavy atom. The number of aliphatic imine (C=N–C) groups is 1. The molecule has 0 bridgehead atoms. The summed E-state index contributed by atoms with van der Waals surface area (Å²) < 4.78 is 1.00. The Morgan fingerprint density at radius 1 is 1.20 bits per heavy atom. The molecule has 3 N–H and O–H groups in total. The molecule has 5 nitrogen and oxygen atoms in total. The van der Waals surface area contributed by atoms with Crippen LogP contribution in [0.5, 0.6) is 0 Å². The quantitative estimate of drug-likeness (QED) is 0.489. The lowest BCUT2D eigenvalue weighted by molar-refractivity contribution is -0.116. The third kappa shape index (κ3) is 6.17. The van der Waals surface area contributed by atoms with E-state index in [4.69, 9.17) is 0 Å². The van der Waals surface area contributed by atoms with Crippen molar-refractivity contribution in [2.45, 2.75) is 26.8 Å². The second kappa shape index (κ2) is 9.58. The normalized spacial score (nSPS) is 11.3. The predicted octanol–water partition coefficient (Wildman–Crippen LogP) is 3.82. The maximum absolute atomic E-state index is 12.1. The lowest BCUT2D eigenvalue weighted by atomic mass is 10.2. The molecular formula is C18H23BrN4OS. The molecule has 0 fully saturated rings. The highest BCUT2D eigenvalue weighted by Gasteiger charge is 2.06. The maximum Gasteiger partial charge on any atom is 0.226 e. The summed E-state index contributed by atoms with van der Waals surface area (Å²) in [4.78, 5) is 17.6. The number of halogens is 1. The molecule has 25 heavy (non-hydrogen) atoms. The second-order valence-corrected chi connectivity index (χ2v) is 7.55. The van der Waals surface area contributed by atoms with Crippen molar-refractivity contribution < 1.29 is 4.79 Å². The number of benzene rings is 1. The van der Waals surface area contributed by atoms with Gasteiger partial charge in [-0.25, -0.2) is 0 Å². The van der Waals surface area contributed by atoms with Gasteiger partial charge in [-0.1, -0.05) is 15.9 Å². The molecule has 1 amide bonds. The summed E-state index contributed by atoms with van der Waals surface area (Å²) in [6.07, 6.45) is 0.369. The first-order valence-electron chi connectivity index (χ1n) is 8.03. The molecule has 2 rings (SSSR count). The number of carbonyl (C=O) groups excluding carboxylic acids is 1. The van der Waals surface area contributed by atoms with E-state index in [9.17, 15) is 4.79 Å². The van der Waals surface area contributed by atoms with Crippen molar-refractivity contribution in [1.29, 1.82) is 0 Å². The Bertz CT molecular complexity index is 757. The standard InChI is InChI=1S/C18H23BrN4OS/c1-12-7-9-25-16(12)11-22-18(20-3)21-8-6-17(24)23-15-5-4-14(19)10-13(15)2/h4-5,7,9-10H,6,8,11H2,1-3H3,(H,23,24)(H2,20,21,22). The third-order valence-corrected chi connectivity index (χ3v) is 5.23. The van der Waals surface area contributed by atoms with Crippen molar-refractivity contribution >= 4 is 44.8 Å². The average Bonchev–Trinajstić information content (AvgIpc) is 2.98. The van der Waals surface area contributed by atoms with E-state index in [2.05, 4.69) is 55.2 Å². The van der Waals surface area contributed by atoms with Crippen LogP contribution in [0, 0.1) is 13.8 Å². The van der Waals surface area contributed by atoms with Crippen LogP contribution in [0.2, 0.25) is 0 Å². The largest absolute Gasteiger partial charge is 0.356 e. The van der Waals surface area contributed by atoms with E-state index >= 15 is 0 Å². The average molecular weight is 423 g/mol. The fourth-order valence-electron chi connectivity index (χ4n) is 2.24. The zero-order valence-electron chi connectivity index (χ0n) is 14.6. The number of hydrogen-bond donors (Lipinski definition) is 3. The summed E-state index contributed by atoms with van der Waals surface area (Å²) in [6.45, 7) is 5.31. The van der Waals surface area contributed by atoms with Gasteiger partial charge in [0.1, 0.15) is 0 Å². The van der Waals surface area contributed by atoms with Gasteiger partial charge < -0.3 is 16.0 Å². The van der Waals surface area contributed by atoms with Gasteiger partial charge in [-0.15, -0.1) is 11.3 Å². The molecule has 134 valence electrons. The van der Waals surface area contributed by atoms with E-state index in [1.165, 1.54) is 10.4 Å². The highest BCUT2D eigenvalue weighted by Crippen LogP contribution is 2.20. The smallest absolute Gasteiger partial charge is 0.226 e. The first-order valence-corrected chi connectivity index (χ1v) is 9.70. The molecule has 0 aliphatic rings. The number of anilines is 1. The van der Waals surface area contributed by atoms with Crippen LogP contribution in [0.4, 0.5) is 5.69 Å². The molecule has 7 heteroatoms. The number of carbonyl (C=O) groups is 1. The van der Waals surface area contributed by atoms with Gasteiger partial charge in [0.05, 0.1) is 6.54 Å². The summed E-state index contributed by atoms with van der Waals surface area (Å²) >= 11 is 5.14. The molecule has 0 unspecified atom stereocenters.